The number of hydrogen-bond acceptors (Lipinski definition) is 3. The van der Waals surface area contributed by atoms with E-state index < -0.39 is 0 Å². The first-order chi connectivity index (χ1) is 23.2. The van der Waals surface area contributed by atoms with Crippen molar-refractivity contribution in [3.8, 4) is 11.1 Å². The van der Waals surface area contributed by atoms with Gasteiger partial charge >= 0.3 is 0 Å². The topological polar surface area (TPSA) is 40.5 Å². The number of hydrogen-bond donors (Lipinski definition) is 1. The largest absolute Gasteiger partial charge is 0.396 e. The molecule has 0 radical (unpaired) electrons. The van der Waals surface area contributed by atoms with Gasteiger partial charge in [-0.1, -0.05) is 97.1 Å². The summed E-state index contributed by atoms with van der Waals surface area (Å²) in [5, 5.41) is 10.3. The van der Waals surface area contributed by atoms with Gasteiger partial charge in [-0.3, -0.25) is 4.79 Å². The fourth-order valence-electron chi connectivity index (χ4n) is 8.14. The van der Waals surface area contributed by atoms with Crippen LogP contribution in [-0.2, 0) is 0 Å². The minimum absolute atomic E-state index is 0.133. The third kappa shape index (κ3) is 8.95. The Labute approximate surface area is 298 Å². The second-order valence-electron chi connectivity index (χ2n) is 17.5. The van der Waals surface area contributed by atoms with Crippen LogP contribution in [0, 0.1) is 35.5 Å². The van der Waals surface area contributed by atoms with E-state index >= 15 is 0 Å². The SMILES string of the molecule is CC(=O)c1cc(-c2cc(C)c(N(C[C@@H](CC(C)C)C(C)CO)C3C=CC=CC3)cc2C2=CCC(C)(C)CC2)ccc1C1=CCC(C)(C)CC1. The van der Waals surface area contributed by atoms with E-state index in [2.05, 4.69) is 127 Å². The molecule has 0 amide bonds. The van der Waals surface area contributed by atoms with Crippen LogP contribution >= 0.6 is 0 Å². The molecule has 1 N–H and O–H groups in total. The van der Waals surface area contributed by atoms with Crippen LogP contribution in [0.5, 0.6) is 0 Å². The van der Waals surface area contributed by atoms with Crippen LogP contribution in [0.1, 0.15) is 134 Å². The van der Waals surface area contributed by atoms with Crippen LogP contribution in [0.3, 0.4) is 0 Å². The van der Waals surface area contributed by atoms with Crippen molar-refractivity contribution in [2.75, 3.05) is 18.1 Å². The number of Topliss-reactive ketones (excluding diaryl/α,β-unsaturated/α-hetero) is 1. The molecule has 3 nitrogen and oxygen atoms in total. The number of nitrogens with zero attached hydrogens (tertiary/aromatic N) is 1. The maximum absolute atomic E-state index is 13.2. The molecule has 264 valence electrons. The summed E-state index contributed by atoms with van der Waals surface area (Å²) in [6.07, 6.45) is 22.4. The molecule has 3 aliphatic carbocycles. The van der Waals surface area contributed by atoms with Crippen LogP contribution in [0.4, 0.5) is 5.69 Å². The van der Waals surface area contributed by atoms with E-state index in [0.29, 0.717) is 22.7 Å². The number of carbonyl (C=O) groups excluding carboxylic acids is 1. The summed E-state index contributed by atoms with van der Waals surface area (Å²) in [5.41, 5.74) is 11.5. The molecule has 0 saturated heterocycles. The van der Waals surface area contributed by atoms with Gasteiger partial charge in [0.15, 0.2) is 5.78 Å². The van der Waals surface area contributed by atoms with Crippen molar-refractivity contribution in [3.05, 3.63) is 89.0 Å². The summed E-state index contributed by atoms with van der Waals surface area (Å²) in [4.78, 5) is 15.9. The van der Waals surface area contributed by atoms with E-state index in [1.165, 1.54) is 33.5 Å². The first-order valence-corrected chi connectivity index (χ1v) is 19.1. The molecule has 3 heteroatoms. The fraction of sp³-hybridized carbons (Fsp3) is 0.543. The predicted octanol–water partition coefficient (Wildman–Crippen LogP) is 12.0. The smallest absolute Gasteiger partial charge is 0.160 e. The third-order valence-corrected chi connectivity index (χ3v) is 11.6. The average molecular weight is 662 g/mol. The van der Waals surface area contributed by atoms with Crippen molar-refractivity contribution in [1.82, 2.24) is 0 Å². The van der Waals surface area contributed by atoms with Crippen molar-refractivity contribution in [3.63, 3.8) is 0 Å². The van der Waals surface area contributed by atoms with Crippen LogP contribution < -0.4 is 4.90 Å². The molecule has 0 aliphatic heterocycles. The number of allylic oxidation sites excluding steroid dienone is 6. The van der Waals surface area contributed by atoms with E-state index in [9.17, 15) is 9.90 Å². The first kappa shape index (κ1) is 37.1. The van der Waals surface area contributed by atoms with E-state index in [4.69, 9.17) is 0 Å². The van der Waals surface area contributed by atoms with Gasteiger partial charge in [0, 0.05) is 24.4 Å². The Morgan fingerprint density at radius 3 is 2.08 bits per heavy atom. The number of aliphatic hydroxyl groups is 1. The lowest BCUT2D eigenvalue weighted by atomic mass is 9.75. The molecule has 0 heterocycles. The molecule has 0 aromatic heterocycles. The molecule has 2 aromatic rings. The molecule has 2 aromatic carbocycles. The molecular formula is C46H63NO2. The van der Waals surface area contributed by atoms with Gasteiger partial charge in [0.05, 0.1) is 6.04 Å². The van der Waals surface area contributed by atoms with Crippen molar-refractivity contribution in [2.45, 2.75) is 120 Å². The zero-order valence-electron chi connectivity index (χ0n) is 32.0. The van der Waals surface area contributed by atoms with Gasteiger partial charge in [-0.25, -0.2) is 0 Å². The highest BCUT2D eigenvalue weighted by Crippen LogP contribution is 2.45. The fourth-order valence-corrected chi connectivity index (χ4v) is 8.14. The summed E-state index contributed by atoms with van der Waals surface area (Å²) in [5.74, 6) is 1.30. The number of carbonyl (C=O) groups is 1. The zero-order chi connectivity index (χ0) is 35.5. The lowest BCUT2D eigenvalue weighted by Crippen LogP contribution is -2.41. The summed E-state index contributed by atoms with van der Waals surface area (Å²) < 4.78 is 0. The molecular weight excluding hydrogens is 599 g/mol. The number of aryl methyl sites for hydroxylation is 1. The van der Waals surface area contributed by atoms with Crippen molar-refractivity contribution >= 4 is 22.6 Å². The van der Waals surface area contributed by atoms with Crippen molar-refractivity contribution in [2.24, 2.45) is 28.6 Å². The lowest BCUT2D eigenvalue weighted by molar-refractivity contribution is 0.101. The Bertz CT molecular complexity index is 1630. The van der Waals surface area contributed by atoms with Crippen LogP contribution in [0.25, 0.3) is 22.3 Å². The first-order valence-electron chi connectivity index (χ1n) is 19.1. The molecule has 2 unspecified atom stereocenters. The summed E-state index contributed by atoms with van der Waals surface area (Å²) in [6.45, 7) is 21.3. The van der Waals surface area contributed by atoms with Crippen molar-refractivity contribution in [1.29, 1.82) is 0 Å². The Balaban J connectivity index is 1.65. The zero-order valence-corrected chi connectivity index (χ0v) is 32.0. The van der Waals surface area contributed by atoms with Gasteiger partial charge in [-0.05, 0) is 151 Å². The summed E-state index contributed by atoms with van der Waals surface area (Å²) >= 11 is 0. The maximum Gasteiger partial charge on any atom is 0.160 e. The monoisotopic (exact) mass is 661 g/mol. The molecule has 5 rings (SSSR count). The Morgan fingerprint density at radius 1 is 0.898 bits per heavy atom. The molecule has 49 heavy (non-hydrogen) atoms. The molecule has 0 saturated carbocycles. The van der Waals surface area contributed by atoms with Crippen LogP contribution in [0.2, 0.25) is 0 Å². The quantitative estimate of drug-likeness (QED) is 0.230. The molecule has 0 fully saturated rings. The van der Waals surface area contributed by atoms with E-state index in [1.807, 2.05) is 0 Å². The average Bonchev–Trinajstić information content (AvgIpc) is 3.06. The van der Waals surface area contributed by atoms with Gasteiger partial charge in [0.2, 0.25) is 0 Å². The predicted molar refractivity (Wildman–Crippen MR) is 211 cm³/mol. The van der Waals surface area contributed by atoms with E-state index in [0.717, 1.165) is 74.6 Å². The second-order valence-corrected chi connectivity index (χ2v) is 17.5. The molecule has 3 aliphatic rings. The number of benzene rings is 2. The second kappa shape index (κ2) is 15.4. The van der Waals surface area contributed by atoms with Crippen LogP contribution in [0.15, 0.2) is 66.8 Å². The normalized spacial score (nSPS) is 21.2. The van der Waals surface area contributed by atoms with Gasteiger partial charge in [-0.15, -0.1) is 0 Å². The lowest BCUT2D eigenvalue weighted by Gasteiger charge is -2.39. The number of ketones is 1. The minimum atomic E-state index is 0.133. The van der Waals surface area contributed by atoms with E-state index in [-0.39, 0.29) is 24.3 Å². The third-order valence-electron chi connectivity index (χ3n) is 11.6. The highest BCUT2D eigenvalue weighted by molar-refractivity contribution is 6.01. The summed E-state index contributed by atoms with van der Waals surface area (Å²) in [7, 11) is 0. The highest BCUT2D eigenvalue weighted by Gasteiger charge is 2.30. The van der Waals surface area contributed by atoms with Gasteiger partial charge in [0.1, 0.15) is 0 Å². The van der Waals surface area contributed by atoms with Gasteiger partial charge < -0.3 is 10.0 Å². The highest BCUT2D eigenvalue weighted by atomic mass is 16.3. The standard InChI is InChI=1S/C46H63NO2/c1-31(2)25-38(33(4)30-48)29-47(39-13-11-10-12-14-39)44-28-43(36-19-23-46(8,9)24-20-36)42(26-32(44)3)37-15-16-40(41(27-37)34(5)49)35-17-21-45(6,7)22-18-35/h10-13,15-17,19,26-28,31,33,38-39,48H,14,18,20-25,29-30H2,1-9H3/t33?,38-,39?/m1/s1. The summed E-state index contributed by atoms with van der Waals surface area (Å²) in [6, 6.07) is 11.8. The Morgan fingerprint density at radius 2 is 1.55 bits per heavy atom. The number of anilines is 1. The Kier molecular flexibility index (Phi) is 11.6. The number of aliphatic hydroxyl groups excluding tert-OH is 1. The van der Waals surface area contributed by atoms with Crippen LogP contribution in [-0.4, -0.2) is 30.1 Å². The van der Waals surface area contributed by atoms with Gasteiger partial charge in [-0.2, -0.15) is 0 Å². The van der Waals surface area contributed by atoms with E-state index in [1.54, 1.807) is 6.92 Å². The molecule has 0 spiro atoms. The van der Waals surface area contributed by atoms with Crippen molar-refractivity contribution < 1.29 is 9.90 Å². The maximum atomic E-state index is 13.2. The molecule has 3 atom stereocenters. The Hall–Kier alpha value is -3.17. The van der Waals surface area contributed by atoms with Gasteiger partial charge in [0.25, 0.3) is 0 Å². The number of rotatable bonds is 12. The molecule has 0 bridgehead atoms. The minimum Gasteiger partial charge on any atom is -0.396 e.